The first-order valence-corrected chi connectivity index (χ1v) is 6.75. The van der Waals surface area contributed by atoms with E-state index < -0.39 is 0 Å². The van der Waals surface area contributed by atoms with Gasteiger partial charge in [-0.25, -0.2) is 0 Å². The molecule has 0 amide bonds. The monoisotopic (exact) mass is 296 g/mol. The Hall–Kier alpha value is -1.32. The first-order chi connectivity index (χ1) is 8.97. The zero-order valence-corrected chi connectivity index (χ0v) is 12.2. The quantitative estimate of drug-likeness (QED) is 0.793. The molecule has 2 aromatic rings. The van der Waals surface area contributed by atoms with Gasteiger partial charge >= 0.3 is 0 Å². The Morgan fingerprint density at radius 3 is 2.68 bits per heavy atom. The highest BCUT2D eigenvalue weighted by Gasteiger charge is 2.13. The average Bonchev–Trinajstić information content (AvgIpc) is 2.80. The van der Waals surface area contributed by atoms with Crippen molar-refractivity contribution >= 4 is 29.0 Å². The van der Waals surface area contributed by atoms with Crippen LogP contribution in [-0.2, 0) is 6.42 Å². The van der Waals surface area contributed by atoms with Gasteiger partial charge in [0.05, 0.1) is 17.1 Å². The largest absolute Gasteiger partial charge is 0.294 e. The summed E-state index contributed by atoms with van der Waals surface area (Å²) in [7, 11) is 0. The smallest absolute Gasteiger partial charge is 0.170 e. The van der Waals surface area contributed by atoms with Crippen LogP contribution in [0.4, 0.5) is 0 Å². The van der Waals surface area contributed by atoms with Gasteiger partial charge in [0.15, 0.2) is 5.78 Å². The Kier molecular flexibility index (Phi) is 4.27. The maximum absolute atomic E-state index is 12.2. The fourth-order valence-electron chi connectivity index (χ4n) is 1.73. The summed E-state index contributed by atoms with van der Waals surface area (Å²) in [4.78, 5) is 12.2. The van der Waals surface area contributed by atoms with Gasteiger partial charge in [-0.3, -0.25) is 9.48 Å². The third-order valence-corrected chi connectivity index (χ3v) is 3.33. The standard InChI is InChI=1S/C14H14Cl2N2O/c1-9(2)18-6-5-11(17-18)8-14(19)12-7-10(15)3-4-13(12)16/h3-7,9H,8H2,1-2H3. The van der Waals surface area contributed by atoms with Crippen LogP contribution in [0.15, 0.2) is 30.5 Å². The molecule has 5 heteroatoms. The van der Waals surface area contributed by atoms with Crippen molar-refractivity contribution in [3.05, 3.63) is 51.8 Å². The molecule has 1 aromatic carbocycles. The van der Waals surface area contributed by atoms with E-state index in [-0.39, 0.29) is 18.2 Å². The van der Waals surface area contributed by atoms with Crippen molar-refractivity contribution < 1.29 is 4.79 Å². The third kappa shape index (κ3) is 3.37. The van der Waals surface area contributed by atoms with E-state index in [0.29, 0.717) is 15.6 Å². The van der Waals surface area contributed by atoms with Crippen molar-refractivity contribution in [1.29, 1.82) is 0 Å². The molecule has 0 aliphatic heterocycles. The molecule has 0 aliphatic carbocycles. The topological polar surface area (TPSA) is 34.9 Å². The maximum atomic E-state index is 12.2. The first kappa shape index (κ1) is 14.1. The van der Waals surface area contributed by atoms with Crippen molar-refractivity contribution in [2.75, 3.05) is 0 Å². The minimum absolute atomic E-state index is 0.0819. The molecular formula is C14H14Cl2N2O. The van der Waals surface area contributed by atoms with Crippen molar-refractivity contribution in [3.63, 3.8) is 0 Å². The number of hydrogen-bond acceptors (Lipinski definition) is 2. The van der Waals surface area contributed by atoms with Gasteiger partial charge in [0.2, 0.25) is 0 Å². The number of halogens is 2. The molecule has 100 valence electrons. The number of carbonyl (C=O) groups excluding carboxylic acids is 1. The van der Waals surface area contributed by atoms with Crippen LogP contribution in [-0.4, -0.2) is 15.6 Å². The number of Topliss-reactive ketones (excluding diaryl/α,β-unsaturated/α-hetero) is 1. The van der Waals surface area contributed by atoms with Crippen LogP contribution in [0.1, 0.15) is 35.9 Å². The third-order valence-electron chi connectivity index (χ3n) is 2.76. The molecule has 1 aromatic heterocycles. The molecule has 0 saturated carbocycles. The first-order valence-electron chi connectivity index (χ1n) is 5.99. The van der Waals surface area contributed by atoms with Crippen LogP contribution in [0.3, 0.4) is 0 Å². The second kappa shape index (κ2) is 5.76. The molecule has 0 radical (unpaired) electrons. The highest BCUT2D eigenvalue weighted by Crippen LogP contribution is 2.22. The maximum Gasteiger partial charge on any atom is 0.170 e. The minimum atomic E-state index is -0.0819. The van der Waals surface area contributed by atoms with Crippen LogP contribution in [0.5, 0.6) is 0 Å². The van der Waals surface area contributed by atoms with Gasteiger partial charge in [-0.05, 0) is 38.1 Å². The number of aromatic nitrogens is 2. The van der Waals surface area contributed by atoms with E-state index in [1.165, 1.54) is 0 Å². The van der Waals surface area contributed by atoms with Gasteiger partial charge in [-0.2, -0.15) is 5.10 Å². The van der Waals surface area contributed by atoms with E-state index in [2.05, 4.69) is 5.10 Å². The number of nitrogens with zero attached hydrogens (tertiary/aromatic N) is 2. The molecule has 0 spiro atoms. The van der Waals surface area contributed by atoms with Crippen LogP contribution < -0.4 is 0 Å². The summed E-state index contributed by atoms with van der Waals surface area (Å²) in [5.41, 5.74) is 1.17. The molecular weight excluding hydrogens is 283 g/mol. The second-order valence-corrected chi connectivity index (χ2v) is 5.45. The van der Waals surface area contributed by atoms with Crippen molar-refractivity contribution in [2.45, 2.75) is 26.3 Å². The van der Waals surface area contributed by atoms with Gasteiger partial charge in [-0.1, -0.05) is 23.2 Å². The molecule has 3 nitrogen and oxygen atoms in total. The summed E-state index contributed by atoms with van der Waals surface area (Å²) in [5, 5.41) is 5.26. The summed E-state index contributed by atoms with van der Waals surface area (Å²) in [6.45, 7) is 4.07. The Bertz CT molecular complexity index is 605. The van der Waals surface area contributed by atoms with Crippen LogP contribution in [0.25, 0.3) is 0 Å². The lowest BCUT2D eigenvalue weighted by molar-refractivity contribution is 0.0992. The Balaban J connectivity index is 2.18. The fraction of sp³-hybridized carbons (Fsp3) is 0.286. The highest BCUT2D eigenvalue weighted by molar-refractivity contribution is 6.35. The SMILES string of the molecule is CC(C)n1ccc(CC(=O)c2cc(Cl)ccc2Cl)n1. The number of rotatable bonds is 4. The van der Waals surface area contributed by atoms with Crippen molar-refractivity contribution in [3.8, 4) is 0 Å². The minimum Gasteiger partial charge on any atom is -0.294 e. The van der Waals surface area contributed by atoms with Crippen molar-refractivity contribution in [2.24, 2.45) is 0 Å². The summed E-state index contributed by atoms with van der Waals surface area (Å²) in [6.07, 6.45) is 2.09. The van der Waals surface area contributed by atoms with Gasteiger partial charge in [0.1, 0.15) is 0 Å². The number of benzene rings is 1. The molecule has 0 unspecified atom stereocenters. The van der Waals surface area contributed by atoms with Crippen LogP contribution in [0.2, 0.25) is 10.0 Å². The van der Waals surface area contributed by atoms with E-state index in [0.717, 1.165) is 5.69 Å². The van der Waals surface area contributed by atoms with Gasteiger partial charge in [-0.15, -0.1) is 0 Å². The summed E-state index contributed by atoms with van der Waals surface area (Å²) < 4.78 is 1.82. The molecule has 0 saturated heterocycles. The number of hydrogen-bond donors (Lipinski definition) is 0. The van der Waals surface area contributed by atoms with Gasteiger partial charge in [0.25, 0.3) is 0 Å². The fourth-order valence-corrected chi connectivity index (χ4v) is 2.13. The van der Waals surface area contributed by atoms with E-state index >= 15 is 0 Å². The number of carbonyl (C=O) groups is 1. The summed E-state index contributed by atoms with van der Waals surface area (Å²) in [5.74, 6) is -0.0819. The number of ketones is 1. The zero-order chi connectivity index (χ0) is 14.0. The Morgan fingerprint density at radius 2 is 2.05 bits per heavy atom. The molecule has 0 aliphatic rings. The summed E-state index contributed by atoms with van der Waals surface area (Å²) >= 11 is 11.9. The molecule has 19 heavy (non-hydrogen) atoms. The van der Waals surface area contributed by atoms with E-state index in [1.54, 1.807) is 18.2 Å². The lowest BCUT2D eigenvalue weighted by Crippen LogP contribution is -2.07. The molecule has 0 fully saturated rings. The molecule has 1 heterocycles. The zero-order valence-electron chi connectivity index (χ0n) is 10.7. The average molecular weight is 297 g/mol. The van der Waals surface area contributed by atoms with Gasteiger partial charge in [0, 0.05) is 22.8 Å². The predicted molar refractivity (Wildman–Crippen MR) is 77.1 cm³/mol. The summed E-state index contributed by atoms with van der Waals surface area (Å²) in [6, 6.07) is 7.00. The molecule has 2 rings (SSSR count). The Labute approximate surface area is 122 Å². The molecule has 0 bridgehead atoms. The predicted octanol–water partition coefficient (Wildman–Crippen LogP) is 4.20. The van der Waals surface area contributed by atoms with Crippen molar-refractivity contribution in [1.82, 2.24) is 9.78 Å². The van der Waals surface area contributed by atoms with Crippen LogP contribution >= 0.6 is 23.2 Å². The van der Waals surface area contributed by atoms with Gasteiger partial charge < -0.3 is 0 Å². The van der Waals surface area contributed by atoms with E-state index in [9.17, 15) is 4.79 Å². The molecule has 0 N–H and O–H groups in total. The second-order valence-electron chi connectivity index (χ2n) is 4.60. The highest BCUT2D eigenvalue weighted by atomic mass is 35.5. The Morgan fingerprint density at radius 1 is 1.32 bits per heavy atom. The molecule has 0 atom stereocenters. The normalized spacial score (nSPS) is 11.0. The lowest BCUT2D eigenvalue weighted by atomic mass is 10.1. The van der Waals surface area contributed by atoms with Crippen LogP contribution in [0, 0.1) is 0 Å². The van der Waals surface area contributed by atoms with E-state index in [4.69, 9.17) is 23.2 Å². The lowest BCUT2D eigenvalue weighted by Gasteiger charge is -2.04. The van der Waals surface area contributed by atoms with E-state index in [1.807, 2.05) is 30.8 Å².